The minimum atomic E-state index is -0.844. The maximum atomic E-state index is 12.6. The van der Waals surface area contributed by atoms with Crippen molar-refractivity contribution in [1.29, 1.82) is 0 Å². The minimum absolute atomic E-state index is 0.0120. The first-order valence-corrected chi connectivity index (χ1v) is 39.8. The van der Waals surface area contributed by atoms with Gasteiger partial charge in [-0.15, -0.1) is 0 Å². The fourth-order valence-corrected chi connectivity index (χ4v) is 12.6. The first-order chi connectivity index (χ1) is 43.0. The summed E-state index contributed by atoms with van der Waals surface area (Å²) in [5, 5.41) is 23.3. The van der Waals surface area contributed by atoms with Gasteiger partial charge in [0.2, 0.25) is 5.91 Å². The Morgan fingerprint density at radius 3 is 0.885 bits per heavy atom. The van der Waals surface area contributed by atoms with Crippen LogP contribution in [0.3, 0.4) is 0 Å². The zero-order valence-corrected chi connectivity index (χ0v) is 59.0. The molecule has 2 unspecified atom stereocenters. The quantitative estimate of drug-likeness (QED) is 0.0320. The number of allylic oxidation sites excluding steroid dienone is 5. The number of hydrogen-bond acceptors (Lipinski definition) is 5. The molecule has 0 aromatic carbocycles. The van der Waals surface area contributed by atoms with Crippen molar-refractivity contribution >= 4 is 11.9 Å². The van der Waals surface area contributed by atoms with E-state index in [2.05, 4.69) is 43.5 Å². The van der Waals surface area contributed by atoms with E-state index in [4.69, 9.17) is 4.74 Å². The van der Waals surface area contributed by atoms with Crippen LogP contribution in [0.2, 0.25) is 0 Å². The van der Waals surface area contributed by atoms with Crippen LogP contribution in [0.5, 0.6) is 0 Å². The number of carbonyl (C=O) groups is 2. The molecule has 0 aromatic rings. The fraction of sp³-hybridized carbons (Fsp3) is 0.901. The lowest BCUT2D eigenvalue weighted by molar-refractivity contribution is -0.143. The molecule has 0 saturated carbocycles. The van der Waals surface area contributed by atoms with Gasteiger partial charge >= 0.3 is 5.97 Å². The van der Waals surface area contributed by atoms with Crippen molar-refractivity contribution in [3.63, 3.8) is 0 Å². The summed E-state index contributed by atoms with van der Waals surface area (Å²) < 4.78 is 5.51. The van der Waals surface area contributed by atoms with Gasteiger partial charge < -0.3 is 20.3 Å². The zero-order valence-electron chi connectivity index (χ0n) is 59.0. The Morgan fingerprint density at radius 1 is 0.322 bits per heavy atom. The molecule has 0 spiro atoms. The number of esters is 1. The second kappa shape index (κ2) is 76.5. The Bertz CT molecular complexity index is 1410. The van der Waals surface area contributed by atoms with Gasteiger partial charge in [-0.3, -0.25) is 9.59 Å². The molecule has 0 rings (SSSR count). The van der Waals surface area contributed by atoms with Gasteiger partial charge in [-0.1, -0.05) is 403 Å². The smallest absolute Gasteiger partial charge is 0.305 e. The van der Waals surface area contributed by atoms with Gasteiger partial charge in [0.1, 0.15) is 0 Å². The number of unbranched alkanes of at least 4 members (excludes halogenated alkanes) is 60. The molecule has 0 radical (unpaired) electrons. The Morgan fingerprint density at radius 2 is 0.575 bits per heavy atom. The summed E-state index contributed by atoms with van der Waals surface area (Å²) >= 11 is 0. The summed E-state index contributed by atoms with van der Waals surface area (Å²) in [5.41, 5.74) is 0. The van der Waals surface area contributed by atoms with Crippen LogP contribution < -0.4 is 5.32 Å². The summed E-state index contributed by atoms with van der Waals surface area (Å²) in [5.74, 6) is -0.0479. The molecule has 0 aromatic heterocycles. The fourth-order valence-electron chi connectivity index (χ4n) is 12.6. The van der Waals surface area contributed by atoms with Crippen LogP contribution in [-0.4, -0.2) is 47.4 Å². The molecule has 0 aliphatic rings. The van der Waals surface area contributed by atoms with Gasteiger partial charge in [-0.25, -0.2) is 0 Å². The molecule has 0 aliphatic heterocycles. The molecule has 0 fully saturated rings. The zero-order chi connectivity index (χ0) is 62.8. The van der Waals surface area contributed by atoms with E-state index in [0.717, 1.165) is 51.4 Å². The lowest BCUT2D eigenvalue weighted by atomic mass is 10.0. The maximum absolute atomic E-state index is 12.6. The molecule has 0 heterocycles. The first kappa shape index (κ1) is 85.1. The topological polar surface area (TPSA) is 95.9 Å². The van der Waals surface area contributed by atoms with E-state index >= 15 is 0 Å². The first-order valence-electron chi connectivity index (χ1n) is 39.8. The lowest BCUT2D eigenvalue weighted by Gasteiger charge is -2.20. The highest BCUT2D eigenvalue weighted by Crippen LogP contribution is 2.20. The molecular weight excluding hydrogens is 1070 g/mol. The van der Waals surface area contributed by atoms with Crippen molar-refractivity contribution < 1.29 is 24.5 Å². The molecule has 514 valence electrons. The third kappa shape index (κ3) is 73.0. The number of rotatable bonds is 75. The van der Waals surface area contributed by atoms with E-state index < -0.39 is 12.1 Å². The second-order valence-corrected chi connectivity index (χ2v) is 27.4. The van der Waals surface area contributed by atoms with Gasteiger partial charge in [0.25, 0.3) is 0 Å². The van der Waals surface area contributed by atoms with E-state index in [0.29, 0.717) is 19.4 Å². The molecule has 6 nitrogen and oxygen atoms in total. The van der Waals surface area contributed by atoms with Crippen molar-refractivity contribution in [2.24, 2.45) is 0 Å². The van der Waals surface area contributed by atoms with Crippen LogP contribution in [0.1, 0.15) is 444 Å². The van der Waals surface area contributed by atoms with Gasteiger partial charge in [0, 0.05) is 12.8 Å². The predicted molar refractivity (Wildman–Crippen MR) is 384 cm³/mol. The number of carbonyl (C=O) groups excluding carboxylic acids is 2. The molecule has 87 heavy (non-hydrogen) atoms. The second-order valence-electron chi connectivity index (χ2n) is 27.4. The van der Waals surface area contributed by atoms with E-state index in [9.17, 15) is 19.8 Å². The highest BCUT2D eigenvalue weighted by Gasteiger charge is 2.18. The summed E-state index contributed by atoms with van der Waals surface area (Å²) in [6, 6.07) is -0.627. The number of amides is 1. The van der Waals surface area contributed by atoms with Gasteiger partial charge in [-0.05, 0) is 64.2 Å². The van der Waals surface area contributed by atoms with Gasteiger partial charge in [0.15, 0.2) is 0 Å². The van der Waals surface area contributed by atoms with Crippen LogP contribution in [0, 0.1) is 0 Å². The molecule has 2 atom stereocenters. The molecule has 1 amide bonds. The average molecular weight is 1220 g/mol. The number of nitrogens with one attached hydrogen (secondary N) is 1. The van der Waals surface area contributed by atoms with Crippen molar-refractivity contribution in [2.75, 3.05) is 13.2 Å². The molecular formula is C81H155NO5. The maximum Gasteiger partial charge on any atom is 0.305 e. The van der Waals surface area contributed by atoms with Crippen LogP contribution in [0.25, 0.3) is 0 Å². The van der Waals surface area contributed by atoms with Crippen molar-refractivity contribution in [1.82, 2.24) is 5.32 Å². The van der Waals surface area contributed by atoms with Crippen LogP contribution in [-0.2, 0) is 14.3 Å². The number of ether oxygens (including phenoxy) is 1. The van der Waals surface area contributed by atoms with Crippen molar-refractivity contribution in [2.45, 2.75) is 456 Å². The summed E-state index contributed by atoms with van der Waals surface area (Å²) in [6.45, 7) is 4.93. The SMILES string of the molecule is CCCCCC/C=C\C/C=C\CCCCCCCCCC(=O)OCCCCCCCCCCCCCCCCCCCCCCCCCCCCCCC(=O)NC(CO)C(O)/C=C/CCCCCCCCCCCCCCCCCCCCCCCC. The summed E-state index contributed by atoms with van der Waals surface area (Å²) in [6.07, 6.45) is 99.7. The number of hydrogen-bond donors (Lipinski definition) is 3. The van der Waals surface area contributed by atoms with Crippen molar-refractivity contribution in [3.05, 3.63) is 36.5 Å². The predicted octanol–water partition coefficient (Wildman–Crippen LogP) is 26.2. The molecule has 3 N–H and O–H groups in total. The van der Waals surface area contributed by atoms with Gasteiger partial charge in [0.05, 0.1) is 25.4 Å². The Labute approximate surface area is 544 Å². The Balaban J connectivity index is 3.37. The number of aliphatic hydroxyl groups is 2. The Hall–Kier alpha value is -1.92. The van der Waals surface area contributed by atoms with E-state index in [1.165, 1.54) is 366 Å². The highest BCUT2D eigenvalue weighted by atomic mass is 16.5. The van der Waals surface area contributed by atoms with Crippen LogP contribution >= 0.6 is 0 Å². The molecule has 6 heteroatoms. The summed E-state index contributed by atoms with van der Waals surface area (Å²) in [4.78, 5) is 24.7. The molecule has 0 aliphatic carbocycles. The molecule has 0 saturated heterocycles. The Kier molecular flexibility index (Phi) is 74.8. The van der Waals surface area contributed by atoms with E-state index in [-0.39, 0.29) is 18.5 Å². The van der Waals surface area contributed by atoms with E-state index in [1.807, 2.05) is 6.08 Å². The largest absolute Gasteiger partial charge is 0.466 e. The third-order valence-corrected chi connectivity index (χ3v) is 18.7. The van der Waals surface area contributed by atoms with Crippen LogP contribution in [0.15, 0.2) is 36.5 Å². The average Bonchev–Trinajstić information content (AvgIpc) is 3.53. The van der Waals surface area contributed by atoms with Gasteiger partial charge in [-0.2, -0.15) is 0 Å². The van der Waals surface area contributed by atoms with E-state index in [1.54, 1.807) is 6.08 Å². The highest BCUT2D eigenvalue weighted by molar-refractivity contribution is 5.76. The summed E-state index contributed by atoms with van der Waals surface area (Å²) in [7, 11) is 0. The minimum Gasteiger partial charge on any atom is -0.466 e. The van der Waals surface area contributed by atoms with Crippen molar-refractivity contribution in [3.8, 4) is 0 Å². The lowest BCUT2D eigenvalue weighted by Crippen LogP contribution is -2.45. The standard InChI is InChI=1S/C81H155NO5/c1-3-5-7-9-11-13-15-17-19-21-23-24-25-32-35-38-41-45-49-53-57-61-65-69-73-79(84)78(77-83)82-80(85)74-70-66-62-58-54-50-46-42-39-36-33-30-28-26-27-29-31-34-37-40-44-48-52-56-60-64-68-72-76-87-81(86)75-71-67-63-59-55-51-47-43-22-20-18-16-14-12-10-8-6-4-2/h14,16,20,22,69,73,78-79,83-84H,3-13,15,17-19,21,23-68,70-72,74-77H2,1-2H3,(H,82,85)/b16-14-,22-20-,73-69+. The monoisotopic (exact) mass is 1220 g/mol. The molecule has 0 bridgehead atoms. The number of aliphatic hydroxyl groups excluding tert-OH is 2. The third-order valence-electron chi connectivity index (χ3n) is 18.7. The normalized spacial score (nSPS) is 12.6. The van der Waals surface area contributed by atoms with Crippen LogP contribution in [0.4, 0.5) is 0 Å².